The quantitative estimate of drug-likeness (QED) is 0.804. The molecule has 122 valence electrons. The van der Waals surface area contributed by atoms with Gasteiger partial charge in [-0.05, 0) is 42.3 Å². The topological polar surface area (TPSA) is 58.6 Å². The van der Waals surface area contributed by atoms with E-state index in [0.29, 0.717) is 24.2 Å². The highest BCUT2D eigenvalue weighted by molar-refractivity contribution is 5.89. The van der Waals surface area contributed by atoms with Gasteiger partial charge in [-0.15, -0.1) is 0 Å². The fraction of sp³-hybridized carbons (Fsp3) is 0.278. The first kappa shape index (κ1) is 17.1. The lowest BCUT2D eigenvalue weighted by atomic mass is 9.96. The normalized spacial score (nSPS) is 13.4. The number of benzene rings is 2. The summed E-state index contributed by atoms with van der Waals surface area (Å²) in [5, 5.41) is 13.6. The second-order valence-corrected chi connectivity index (χ2v) is 5.57. The van der Waals surface area contributed by atoms with E-state index >= 15 is 0 Å². The number of hydrogen-bond acceptors (Lipinski definition) is 4. The fourth-order valence-electron chi connectivity index (χ4n) is 2.24. The predicted molar refractivity (Wildman–Crippen MR) is 85.5 cm³/mol. The summed E-state index contributed by atoms with van der Waals surface area (Å²) in [5.41, 5.74) is 1.02. The molecular formula is C18H20FNO3. The largest absolute Gasteiger partial charge is 0.465 e. The molecule has 0 aliphatic carbocycles. The maximum absolute atomic E-state index is 12.9. The van der Waals surface area contributed by atoms with Crippen LogP contribution in [0, 0.1) is 5.82 Å². The Morgan fingerprint density at radius 2 is 1.78 bits per heavy atom. The highest BCUT2D eigenvalue weighted by Gasteiger charge is 2.22. The van der Waals surface area contributed by atoms with E-state index in [0.717, 1.165) is 5.56 Å². The Bertz CT molecular complexity index is 651. The minimum Gasteiger partial charge on any atom is -0.465 e. The van der Waals surface area contributed by atoms with Gasteiger partial charge in [-0.1, -0.05) is 24.3 Å². The molecule has 2 rings (SSSR count). The molecule has 2 aromatic rings. The lowest BCUT2D eigenvalue weighted by Crippen LogP contribution is -2.35. The van der Waals surface area contributed by atoms with Crippen molar-refractivity contribution < 1.29 is 19.0 Å². The van der Waals surface area contributed by atoms with Gasteiger partial charge in [0.25, 0.3) is 0 Å². The van der Waals surface area contributed by atoms with E-state index in [1.165, 1.54) is 19.2 Å². The van der Waals surface area contributed by atoms with Gasteiger partial charge in [0.1, 0.15) is 5.82 Å². The van der Waals surface area contributed by atoms with Gasteiger partial charge >= 0.3 is 5.97 Å². The van der Waals surface area contributed by atoms with Crippen molar-refractivity contribution in [3.8, 4) is 0 Å². The number of carbonyl (C=O) groups excluding carboxylic acids is 1. The van der Waals surface area contributed by atoms with Gasteiger partial charge in [-0.25, -0.2) is 9.18 Å². The number of rotatable bonds is 6. The lowest BCUT2D eigenvalue weighted by Gasteiger charge is -2.24. The molecular weight excluding hydrogens is 297 g/mol. The summed E-state index contributed by atoms with van der Waals surface area (Å²) in [6.07, 6.45) is 0. The molecule has 0 saturated heterocycles. The number of carbonyl (C=O) groups is 1. The number of aliphatic hydroxyl groups is 1. The van der Waals surface area contributed by atoms with E-state index in [1.54, 1.807) is 31.2 Å². The Balaban J connectivity index is 1.91. The van der Waals surface area contributed by atoms with Crippen LogP contribution in [0.3, 0.4) is 0 Å². The van der Waals surface area contributed by atoms with Crippen LogP contribution < -0.4 is 5.32 Å². The summed E-state index contributed by atoms with van der Waals surface area (Å²) in [5.74, 6) is -0.702. The van der Waals surface area contributed by atoms with Crippen LogP contribution in [0.2, 0.25) is 0 Å². The molecule has 1 atom stereocenters. The van der Waals surface area contributed by atoms with Crippen molar-refractivity contribution in [2.24, 2.45) is 0 Å². The summed E-state index contributed by atoms with van der Waals surface area (Å²) in [7, 11) is 1.34. The molecule has 4 nitrogen and oxygen atoms in total. The van der Waals surface area contributed by atoms with Gasteiger partial charge in [0.2, 0.25) is 0 Å². The average molecular weight is 317 g/mol. The summed E-state index contributed by atoms with van der Waals surface area (Å²) >= 11 is 0. The maximum atomic E-state index is 12.9. The zero-order valence-electron chi connectivity index (χ0n) is 13.2. The van der Waals surface area contributed by atoms with Crippen molar-refractivity contribution in [1.82, 2.24) is 5.32 Å². The van der Waals surface area contributed by atoms with E-state index in [2.05, 4.69) is 10.1 Å². The third-order valence-electron chi connectivity index (χ3n) is 3.64. The van der Waals surface area contributed by atoms with E-state index in [9.17, 15) is 14.3 Å². The van der Waals surface area contributed by atoms with Crippen molar-refractivity contribution in [1.29, 1.82) is 0 Å². The van der Waals surface area contributed by atoms with Crippen molar-refractivity contribution in [2.75, 3.05) is 13.7 Å². The van der Waals surface area contributed by atoms with Crippen molar-refractivity contribution in [2.45, 2.75) is 19.1 Å². The average Bonchev–Trinajstić information content (AvgIpc) is 2.55. The molecule has 0 aliphatic rings. The number of ether oxygens (including phenoxy) is 1. The number of nitrogens with one attached hydrogen (secondary N) is 1. The zero-order chi connectivity index (χ0) is 16.9. The molecule has 2 N–H and O–H groups in total. The van der Waals surface area contributed by atoms with Gasteiger partial charge in [0.15, 0.2) is 0 Å². The second-order valence-electron chi connectivity index (χ2n) is 5.57. The highest BCUT2D eigenvalue weighted by atomic mass is 19.1. The fourth-order valence-corrected chi connectivity index (χ4v) is 2.24. The summed E-state index contributed by atoms with van der Waals surface area (Å²) in [6, 6.07) is 12.8. The van der Waals surface area contributed by atoms with Crippen molar-refractivity contribution >= 4 is 5.97 Å². The van der Waals surface area contributed by atoms with Crippen LogP contribution >= 0.6 is 0 Å². The SMILES string of the molecule is COC(=O)c1ccc(CNCC(C)(O)c2ccc(F)cc2)cc1. The second kappa shape index (κ2) is 7.35. The molecule has 0 aromatic heterocycles. The highest BCUT2D eigenvalue weighted by Crippen LogP contribution is 2.20. The molecule has 0 spiro atoms. The third-order valence-corrected chi connectivity index (χ3v) is 3.64. The molecule has 0 fully saturated rings. The molecule has 1 unspecified atom stereocenters. The number of halogens is 1. The van der Waals surface area contributed by atoms with Crippen LogP contribution in [0.25, 0.3) is 0 Å². The van der Waals surface area contributed by atoms with E-state index in [1.807, 2.05) is 12.1 Å². The lowest BCUT2D eigenvalue weighted by molar-refractivity contribution is 0.0565. The zero-order valence-corrected chi connectivity index (χ0v) is 13.2. The summed E-state index contributed by atoms with van der Waals surface area (Å²) in [4.78, 5) is 11.4. The van der Waals surface area contributed by atoms with Crippen LogP contribution in [0.5, 0.6) is 0 Å². The third kappa shape index (κ3) is 4.61. The number of esters is 1. The first-order chi connectivity index (χ1) is 10.9. The molecule has 0 saturated carbocycles. The van der Waals surface area contributed by atoms with Crippen molar-refractivity contribution in [3.63, 3.8) is 0 Å². The molecule has 0 bridgehead atoms. The van der Waals surface area contributed by atoms with Crippen molar-refractivity contribution in [3.05, 3.63) is 71.0 Å². The number of methoxy groups -OCH3 is 1. The van der Waals surface area contributed by atoms with Gasteiger partial charge in [0.05, 0.1) is 18.3 Å². The van der Waals surface area contributed by atoms with Gasteiger partial charge in [0, 0.05) is 13.1 Å². The number of hydrogen-bond donors (Lipinski definition) is 2. The van der Waals surface area contributed by atoms with E-state index in [-0.39, 0.29) is 11.8 Å². The summed E-state index contributed by atoms with van der Waals surface area (Å²) in [6.45, 7) is 2.53. The molecule has 0 aliphatic heterocycles. The Morgan fingerprint density at radius 1 is 1.17 bits per heavy atom. The Kier molecular flexibility index (Phi) is 5.47. The molecule has 0 heterocycles. The molecule has 5 heteroatoms. The molecule has 0 amide bonds. The molecule has 0 radical (unpaired) electrons. The van der Waals surface area contributed by atoms with Crippen LogP contribution in [0.4, 0.5) is 4.39 Å². The Morgan fingerprint density at radius 3 is 2.35 bits per heavy atom. The minimum absolute atomic E-state index is 0.317. The van der Waals surface area contributed by atoms with Crippen LogP contribution in [0.1, 0.15) is 28.4 Å². The Hall–Kier alpha value is -2.24. The van der Waals surface area contributed by atoms with Crippen LogP contribution in [-0.4, -0.2) is 24.7 Å². The molecule has 2 aromatic carbocycles. The van der Waals surface area contributed by atoms with Gasteiger partial charge in [-0.3, -0.25) is 0 Å². The monoisotopic (exact) mass is 317 g/mol. The van der Waals surface area contributed by atoms with E-state index < -0.39 is 5.60 Å². The van der Waals surface area contributed by atoms with Gasteiger partial charge < -0.3 is 15.2 Å². The predicted octanol–water partition coefficient (Wildman–Crippen LogP) is 2.61. The maximum Gasteiger partial charge on any atom is 0.337 e. The van der Waals surface area contributed by atoms with Crippen LogP contribution in [-0.2, 0) is 16.9 Å². The minimum atomic E-state index is -1.10. The first-order valence-corrected chi connectivity index (χ1v) is 7.29. The van der Waals surface area contributed by atoms with E-state index in [4.69, 9.17) is 0 Å². The smallest absolute Gasteiger partial charge is 0.337 e. The van der Waals surface area contributed by atoms with Crippen LogP contribution in [0.15, 0.2) is 48.5 Å². The summed E-state index contributed by atoms with van der Waals surface area (Å²) < 4.78 is 17.6. The first-order valence-electron chi connectivity index (χ1n) is 7.29. The standard InChI is InChI=1S/C18H20FNO3/c1-18(22,15-7-9-16(19)10-8-15)12-20-11-13-3-5-14(6-4-13)17(21)23-2/h3-10,20,22H,11-12H2,1-2H3. The Labute approximate surface area is 134 Å². The molecule has 23 heavy (non-hydrogen) atoms. The van der Waals surface area contributed by atoms with Gasteiger partial charge in [-0.2, -0.15) is 0 Å².